The largest absolute Gasteiger partial charge is 0.492 e. The molecule has 0 aliphatic carbocycles. The number of carbonyl (C=O) groups excluding carboxylic acids is 1. The molecular weight excluding hydrogens is 413 g/mol. The number of fused-ring (bicyclic) bond motifs is 1. The number of aromatic nitrogens is 1. The summed E-state index contributed by atoms with van der Waals surface area (Å²) in [6.45, 7) is 3.72. The van der Waals surface area contributed by atoms with E-state index in [1.807, 2.05) is 44.1 Å². The van der Waals surface area contributed by atoms with Crippen LogP contribution in [0.2, 0.25) is 0 Å². The molecule has 1 amide bonds. The number of halogens is 2. The summed E-state index contributed by atoms with van der Waals surface area (Å²) >= 11 is 1.47. The standard InChI is InChI=1S/C21H24FN3O2S.ClH/c1-4-27-17-6-5-7-18-20(17)23-21(28-18)25(13-12-24(2)3)19(26)14-15-8-10-16(22)11-9-15;/h5-11H,4,12-14H2,1-3H3;1H. The highest BCUT2D eigenvalue weighted by molar-refractivity contribution is 7.22. The van der Waals surface area contributed by atoms with Crippen LogP contribution in [0.4, 0.5) is 9.52 Å². The van der Waals surface area contributed by atoms with Crippen molar-refractivity contribution in [1.82, 2.24) is 9.88 Å². The number of benzene rings is 2. The Bertz CT molecular complexity index is 947. The van der Waals surface area contributed by atoms with Gasteiger partial charge in [-0.05, 0) is 50.8 Å². The van der Waals surface area contributed by atoms with Crippen molar-refractivity contribution in [3.8, 4) is 5.75 Å². The van der Waals surface area contributed by atoms with E-state index >= 15 is 0 Å². The second kappa shape index (κ2) is 10.5. The number of amides is 1. The minimum Gasteiger partial charge on any atom is -0.492 e. The summed E-state index contributed by atoms with van der Waals surface area (Å²) in [6, 6.07) is 11.8. The lowest BCUT2D eigenvalue weighted by molar-refractivity contribution is -0.118. The minimum atomic E-state index is -0.310. The summed E-state index contributed by atoms with van der Waals surface area (Å²) in [7, 11) is 3.93. The van der Waals surface area contributed by atoms with Crippen LogP contribution in [0.3, 0.4) is 0 Å². The summed E-state index contributed by atoms with van der Waals surface area (Å²) in [6.07, 6.45) is 0.196. The highest BCUT2D eigenvalue weighted by atomic mass is 35.5. The van der Waals surface area contributed by atoms with E-state index in [0.717, 1.165) is 21.5 Å². The van der Waals surface area contributed by atoms with Crippen LogP contribution in [0.15, 0.2) is 42.5 Å². The summed E-state index contributed by atoms with van der Waals surface area (Å²) in [5.41, 5.74) is 1.55. The van der Waals surface area contributed by atoms with Crippen molar-refractivity contribution in [2.45, 2.75) is 13.3 Å². The van der Waals surface area contributed by atoms with E-state index in [9.17, 15) is 9.18 Å². The van der Waals surface area contributed by atoms with Crippen molar-refractivity contribution in [3.05, 3.63) is 53.8 Å². The van der Waals surface area contributed by atoms with E-state index in [-0.39, 0.29) is 30.6 Å². The van der Waals surface area contributed by atoms with Crippen molar-refractivity contribution in [1.29, 1.82) is 0 Å². The molecule has 29 heavy (non-hydrogen) atoms. The number of para-hydroxylation sites is 1. The lowest BCUT2D eigenvalue weighted by Gasteiger charge is -2.22. The SMILES string of the molecule is CCOc1cccc2sc(N(CCN(C)C)C(=O)Cc3ccc(F)cc3)nc12.Cl. The van der Waals surface area contributed by atoms with Crippen LogP contribution >= 0.6 is 23.7 Å². The second-order valence-corrected chi connectivity index (χ2v) is 7.69. The maximum absolute atomic E-state index is 13.2. The zero-order chi connectivity index (χ0) is 20.1. The van der Waals surface area contributed by atoms with Crippen LogP contribution in [0, 0.1) is 5.82 Å². The fourth-order valence-electron chi connectivity index (χ4n) is 2.80. The molecule has 0 aliphatic rings. The molecule has 5 nitrogen and oxygen atoms in total. The Balaban J connectivity index is 0.00000300. The monoisotopic (exact) mass is 437 g/mol. The third-order valence-electron chi connectivity index (χ3n) is 4.24. The lowest BCUT2D eigenvalue weighted by atomic mass is 10.1. The smallest absolute Gasteiger partial charge is 0.233 e. The van der Waals surface area contributed by atoms with E-state index in [1.165, 1.54) is 23.5 Å². The molecule has 2 aromatic carbocycles. The van der Waals surface area contributed by atoms with Gasteiger partial charge in [-0.1, -0.05) is 29.5 Å². The van der Waals surface area contributed by atoms with Gasteiger partial charge in [0.25, 0.3) is 0 Å². The first-order valence-electron chi connectivity index (χ1n) is 9.20. The Morgan fingerprint density at radius 2 is 1.86 bits per heavy atom. The molecule has 0 radical (unpaired) electrons. The molecule has 0 N–H and O–H groups in total. The highest BCUT2D eigenvalue weighted by Gasteiger charge is 2.21. The van der Waals surface area contributed by atoms with Gasteiger partial charge in [-0.25, -0.2) is 9.37 Å². The highest BCUT2D eigenvalue weighted by Crippen LogP contribution is 2.34. The third kappa shape index (κ3) is 5.88. The molecule has 1 heterocycles. The van der Waals surface area contributed by atoms with Crippen molar-refractivity contribution in [2.24, 2.45) is 0 Å². The molecule has 0 fully saturated rings. The van der Waals surface area contributed by atoms with E-state index in [4.69, 9.17) is 9.72 Å². The average Bonchev–Trinajstić information content (AvgIpc) is 3.08. The van der Waals surface area contributed by atoms with Gasteiger partial charge in [-0.15, -0.1) is 12.4 Å². The number of carbonyl (C=O) groups is 1. The van der Waals surface area contributed by atoms with Crippen LogP contribution < -0.4 is 9.64 Å². The van der Waals surface area contributed by atoms with E-state index in [0.29, 0.717) is 24.8 Å². The molecule has 8 heteroatoms. The molecule has 0 saturated heterocycles. The summed E-state index contributed by atoms with van der Waals surface area (Å²) in [5.74, 6) is 0.349. The second-order valence-electron chi connectivity index (χ2n) is 6.68. The Kier molecular flexibility index (Phi) is 8.37. The number of hydrogen-bond donors (Lipinski definition) is 0. The predicted octanol–water partition coefficient (Wildman–Crippen LogP) is 4.39. The van der Waals surface area contributed by atoms with Gasteiger partial charge < -0.3 is 9.64 Å². The van der Waals surface area contributed by atoms with Crippen LogP contribution in [0.5, 0.6) is 5.75 Å². The Hall–Kier alpha value is -2.22. The lowest BCUT2D eigenvalue weighted by Crippen LogP contribution is -2.37. The van der Waals surface area contributed by atoms with E-state index in [2.05, 4.69) is 0 Å². The van der Waals surface area contributed by atoms with Crippen molar-refractivity contribution >= 4 is 45.0 Å². The topological polar surface area (TPSA) is 45.7 Å². The van der Waals surface area contributed by atoms with Crippen LogP contribution in [-0.4, -0.2) is 49.6 Å². The number of anilines is 1. The zero-order valence-corrected chi connectivity index (χ0v) is 18.4. The molecule has 0 unspecified atom stereocenters. The van der Waals surface area contributed by atoms with Gasteiger partial charge in [-0.2, -0.15) is 0 Å². The molecule has 156 valence electrons. The van der Waals surface area contributed by atoms with Crippen LogP contribution in [0.1, 0.15) is 12.5 Å². The molecule has 0 atom stereocenters. The number of rotatable bonds is 8. The van der Waals surface area contributed by atoms with Crippen LogP contribution in [-0.2, 0) is 11.2 Å². The summed E-state index contributed by atoms with van der Waals surface area (Å²) in [4.78, 5) is 21.5. The molecule has 3 aromatic rings. The fourth-order valence-corrected chi connectivity index (χ4v) is 3.82. The third-order valence-corrected chi connectivity index (χ3v) is 5.29. The summed E-state index contributed by atoms with van der Waals surface area (Å²) < 4.78 is 19.8. The van der Waals surface area contributed by atoms with Crippen molar-refractivity contribution < 1.29 is 13.9 Å². The van der Waals surface area contributed by atoms with Gasteiger partial charge >= 0.3 is 0 Å². The van der Waals surface area contributed by atoms with Gasteiger partial charge in [0, 0.05) is 13.1 Å². The average molecular weight is 438 g/mol. The number of hydrogen-bond acceptors (Lipinski definition) is 5. The predicted molar refractivity (Wildman–Crippen MR) is 119 cm³/mol. The van der Waals surface area contributed by atoms with Gasteiger partial charge in [0.2, 0.25) is 5.91 Å². The number of nitrogens with zero attached hydrogens (tertiary/aromatic N) is 3. The molecule has 3 rings (SSSR count). The van der Waals surface area contributed by atoms with Gasteiger partial charge in [-0.3, -0.25) is 9.69 Å². The zero-order valence-electron chi connectivity index (χ0n) is 16.7. The van der Waals surface area contributed by atoms with Crippen molar-refractivity contribution in [2.75, 3.05) is 38.7 Å². The molecule has 0 saturated carbocycles. The Morgan fingerprint density at radius 3 is 2.52 bits per heavy atom. The minimum absolute atomic E-state index is 0. The Morgan fingerprint density at radius 1 is 1.14 bits per heavy atom. The fraction of sp³-hybridized carbons (Fsp3) is 0.333. The number of thiazole rings is 1. The maximum atomic E-state index is 13.2. The number of likely N-dealkylation sites (N-methyl/N-ethyl adjacent to an activating group) is 1. The summed E-state index contributed by atoms with van der Waals surface area (Å²) in [5, 5.41) is 0.649. The molecular formula is C21H25ClFN3O2S. The molecule has 1 aromatic heterocycles. The van der Waals surface area contributed by atoms with Gasteiger partial charge in [0.15, 0.2) is 5.13 Å². The van der Waals surface area contributed by atoms with E-state index < -0.39 is 0 Å². The number of ether oxygens (including phenoxy) is 1. The van der Waals surface area contributed by atoms with E-state index in [1.54, 1.807) is 17.0 Å². The first-order valence-corrected chi connectivity index (χ1v) is 10.0. The molecule has 0 spiro atoms. The molecule has 0 bridgehead atoms. The first-order chi connectivity index (χ1) is 13.5. The molecule has 0 aliphatic heterocycles. The van der Waals surface area contributed by atoms with Gasteiger partial charge in [0.1, 0.15) is 17.1 Å². The quantitative estimate of drug-likeness (QED) is 0.524. The first kappa shape index (κ1) is 23.1. The maximum Gasteiger partial charge on any atom is 0.233 e. The van der Waals surface area contributed by atoms with Crippen molar-refractivity contribution in [3.63, 3.8) is 0 Å². The Labute approximate surface area is 180 Å². The van der Waals surface area contributed by atoms with Gasteiger partial charge in [0.05, 0.1) is 17.7 Å². The van der Waals surface area contributed by atoms with Crippen LogP contribution in [0.25, 0.3) is 10.2 Å². The normalized spacial score (nSPS) is 10.8.